The van der Waals surface area contributed by atoms with Crippen LogP contribution in [0.15, 0.2) is 24.3 Å². The Bertz CT molecular complexity index is 603. The van der Waals surface area contributed by atoms with Gasteiger partial charge >= 0.3 is 18.0 Å². The molecule has 0 saturated carbocycles. The lowest BCUT2D eigenvalue weighted by Crippen LogP contribution is -2.43. The molecule has 0 unspecified atom stereocenters. The lowest BCUT2D eigenvalue weighted by molar-refractivity contribution is -0.141. The first-order valence-electron chi connectivity index (χ1n) is 7.95. The van der Waals surface area contributed by atoms with Crippen molar-refractivity contribution in [2.75, 3.05) is 6.61 Å². The molecule has 0 spiro atoms. The molecule has 138 valence electrons. The zero-order chi connectivity index (χ0) is 19.0. The summed E-state index contributed by atoms with van der Waals surface area (Å²) in [6.45, 7) is 7.96. The molecule has 7 heteroatoms. The average Bonchev–Trinajstić information content (AvgIpc) is 2.44. The van der Waals surface area contributed by atoms with Crippen molar-refractivity contribution < 1.29 is 28.6 Å². The summed E-state index contributed by atoms with van der Waals surface area (Å²) in [5, 5.41) is 2.70. The van der Waals surface area contributed by atoms with Crippen LogP contribution in [0.2, 0.25) is 0 Å². The molecule has 0 radical (unpaired) electrons. The van der Waals surface area contributed by atoms with E-state index in [4.69, 9.17) is 14.2 Å². The van der Waals surface area contributed by atoms with Crippen molar-refractivity contribution in [2.24, 2.45) is 0 Å². The summed E-state index contributed by atoms with van der Waals surface area (Å²) in [6.07, 6.45) is -0.159. The Kier molecular flexibility index (Phi) is 7.42. The molecular weight excluding hydrogens is 326 g/mol. The third-order valence-electron chi connectivity index (χ3n) is 2.88. The molecule has 1 rings (SSSR count). The molecule has 1 atom stereocenters. The highest BCUT2D eigenvalue weighted by Crippen LogP contribution is 2.14. The van der Waals surface area contributed by atoms with Crippen molar-refractivity contribution in [1.82, 2.24) is 5.32 Å². The highest BCUT2D eigenvalue weighted by Gasteiger charge is 2.20. The van der Waals surface area contributed by atoms with E-state index in [0.29, 0.717) is 12.2 Å². The molecule has 1 aromatic rings. The molecule has 0 heterocycles. The molecule has 0 aromatic heterocycles. The number of hydrogen-bond acceptors (Lipinski definition) is 6. The van der Waals surface area contributed by atoms with Crippen LogP contribution in [0, 0.1) is 0 Å². The maximum atomic E-state index is 11.9. The van der Waals surface area contributed by atoms with Crippen molar-refractivity contribution >= 4 is 18.0 Å². The third-order valence-corrected chi connectivity index (χ3v) is 2.88. The second-order valence-electron chi connectivity index (χ2n) is 6.59. The number of esters is 2. The first-order valence-corrected chi connectivity index (χ1v) is 7.95. The van der Waals surface area contributed by atoms with Crippen LogP contribution < -0.4 is 10.1 Å². The Morgan fingerprint density at radius 3 is 2.12 bits per heavy atom. The predicted molar refractivity (Wildman–Crippen MR) is 91.2 cm³/mol. The van der Waals surface area contributed by atoms with Gasteiger partial charge < -0.3 is 19.5 Å². The summed E-state index contributed by atoms with van der Waals surface area (Å²) in [7, 11) is 0. The van der Waals surface area contributed by atoms with Crippen LogP contribution in [-0.4, -0.2) is 36.3 Å². The molecule has 25 heavy (non-hydrogen) atoms. The minimum atomic E-state index is -0.623. The van der Waals surface area contributed by atoms with Crippen molar-refractivity contribution in [3.63, 3.8) is 0 Å². The van der Waals surface area contributed by atoms with E-state index in [1.807, 2.05) is 0 Å². The lowest BCUT2D eigenvalue weighted by atomic mass is 10.1. The van der Waals surface area contributed by atoms with Gasteiger partial charge in [-0.1, -0.05) is 12.1 Å². The molecule has 1 N–H and O–H groups in total. The highest BCUT2D eigenvalue weighted by atomic mass is 16.6. The Balaban J connectivity index is 2.73. The minimum absolute atomic E-state index is 0.0280. The van der Waals surface area contributed by atoms with Crippen LogP contribution in [0.4, 0.5) is 4.79 Å². The Morgan fingerprint density at radius 1 is 1.04 bits per heavy atom. The zero-order valence-electron chi connectivity index (χ0n) is 15.3. The van der Waals surface area contributed by atoms with E-state index in [2.05, 4.69) is 5.32 Å². The fourth-order valence-corrected chi connectivity index (χ4v) is 1.99. The van der Waals surface area contributed by atoms with Crippen LogP contribution in [0.5, 0.6) is 5.75 Å². The summed E-state index contributed by atoms with van der Waals surface area (Å²) in [5.41, 5.74) is 0.256. The first kappa shape index (κ1) is 20.5. The van der Waals surface area contributed by atoms with E-state index in [-0.39, 0.29) is 6.61 Å². The normalized spacial score (nSPS) is 12.0. The van der Waals surface area contributed by atoms with Crippen molar-refractivity contribution in [2.45, 2.75) is 52.7 Å². The number of amides is 1. The predicted octanol–water partition coefficient (Wildman–Crippen LogP) is 2.61. The monoisotopic (exact) mass is 351 g/mol. The second kappa shape index (κ2) is 9.05. The van der Waals surface area contributed by atoms with Gasteiger partial charge in [-0.15, -0.1) is 0 Å². The highest BCUT2D eigenvalue weighted by molar-refractivity contribution is 5.69. The van der Waals surface area contributed by atoms with Crippen LogP contribution in [0.3, 0.4) is 0 Å². The molecule has 1 amide bonds. The van der Waals surface area contributed by atoms with Gasteiger partial charge in [0, 0.05) is 13.8 Å². The van der Waals surface area contributed by atoms with Gasteiger partial charge in [-0.05, 0) is 44.9 Å². The van der Waals surface area contributed by atoms with Crippen LogP contribution in [0.1, 0.15) is 40.2 Å². The van der Waals surface area contributed by atoms with E-state index in [9.17, 15) is 14.4 Å². The number of carbonyl (C=O) groups is 3. The summed E-state index contributed by atoms with van der Waals surface area (Å²) in [4.78, 5) is 33.9. The van der Waals surface area contributed by atoms with E-state index in [1.54, 1.807) is 45.0 Å². The molecule has 7 nitrogen and oxygen atoms in total. The molecule has 0 saturated heterocycles. The molecule has 0 aliphatic rings. The maximum Gasteiger partial charge on any atom is 0.408 e. The summed E-state index contributed by atoms with van der Waals surface area (Å²) in [6, 6.07) is 6.42. The Morgan fingerprint density at radius 2 is 1.64 bits per heavy atom. The third kappa shape index (κ3) is 9.34. The fourth-order valence-electron chi connectivity index (χ4n) is 1.99. The SMILES string of the molecule is CC(=O)OC[C@H](Cc1ccc(OC(C)=O)cc1)NC(=O)OC(C)(C)C. The molecular formula is C18H25NO6. The number of hydrogen-bond donors (Lipinski definition) is 1. The fraction of sp³-hybridized carbons (Fsp3) is 0.500. The van der Waals surface area contributed by atoms with Gasteiger partial charge in [-0.2, -0.15) is 0 Å². The second-order valence-corrected chi connectivity index (χ2v) is 6.59. The smallest absolute Gasteiger partial charge is 0.408 e. The maximum absolute atomic E-state index is 11.9. The van der Waals surface area contributed by atoms with Gasteiger partial charge in [0.2, 0.25) is 0 Å². The van der Waals surface area contributed by atoms with Gasteiger partial charge in [0.1, 0.15) is 18.0 Å². The lowest BCUT2D eigenvalue weighted by Gasteiger charge is -2.23. The minimum Gasteiger partial charge on any atom is -0.464 e. The number of benzene rings is 1. The molecule has 0 bridgehead atoms. The van der Waals surface area contributed by atoms with E-state index >= 15 is 0 Å². The first-order chi connectivity index (χ1) is 11.5. The standard InChI is InChI=1S/C18H25NO6/c1-12(20)23-11-15(19-17(22)25-18(3,4)5)10-14-6-8-16(9-7-14)24-13(2)21/h6-9,15H,10-11H2,1-5H3,(H,19,22)/t15-/m0/s1. The van der Waals surface area contributed by atoms with Gasteiger partial charge in [-0.25, -0.2) is 4.79 Å². The summed E-state index contributed by atoms with van der Waals surface area (Å²) >= 11 is 0. The van der Waals surface area contributed by atoms with Crippen LogP contribution in [-0.2, 0) is 25.5 Å². The van der Waals surface area contributed by atoms with Gasteiger partial charge in [0.15, 0.2) is 0 Å². The van der Waals surface area contributed by atoms with Gasteiger partial charge in [0.05, 0.1) is 6.04 Å². The van der Waals surface area contributed by atoms with E-state index < -0.39 is 29.7 Å². The molecule has 0 fully saturated rings. The number of ether oxygens (including phenoxy) is 3. The van der Waals surface area contributed by atoms with E-state index in [1.165, 1.54) is 13.8 Å². The summed E-state index contributed by atoms with van der Waals surface area (Å²) < 4.78 is 15.2. The van der Waals surface area contributed by atoms with Crippen molar-refractivity contribution in [1.29, 1.82) is 0 Å². The number of carbonyl (C=O) groups excluding carboxylic acids is 3. The quantitative estimate of drug-likeness (QED) is 0.626. The average molecular weight is 351 g/mol. The number of nitrogens with one attached hydrogen (secondary N) is 1. The number of alkyl carbamates (subject to hydrolysis) is 1. The number of rotatable bonds is 6. The molecule has 1 aromatic carbocycles. The topological polar surface area (TPSA) is 90.9 Å². The Labute approximate surface area is 147 Å². The van der Waals surface area contributed by atoms with Gasteiger partial charge in [0.25, 0.3) is 0 Å². The van der Waals surface area contributed by atoms with Crippen molar-refractivity contribution in [3.05, 3.63) is 29.8 Å². The zero-order valence-corrected chi connectivity index (χ0v) is 15.3. The van der Waals surface area contributed by atoms with E-state index in [0.717, 1.165) is 5.56 Å². The van der Waals surface area contributed by atoms with Gasteiger partial charge in [-0.3, -0.25) is 9.59 Å². The molecule has 0 aliphatic heterocycles. The Hall–Kier alpha value is -2.57. The summed E-state index contributed by atoms with van der Waals surface area (Å²) in [5.74, 6) is -0.388. The van der Waals surface area contributed by atoms with Crippen LogP contribution in [0.25, 0.3) is 0 Å². The molecule has 0 aliphatic carbocycles. The largest absolute Gasteiger partial charge is 0.464 e. The van der Waals surface area contributed by atoms with Crippen molar-refractivity contribution in [3.8, 4) is 5.75 Å². The van der Waals surface area contributed by atoms with Crippen LogP contribution >= 0.6 is 0 Å².